The maximum atomic E-state index is 12.0. The van der Waals surface area contributed by atoms with Crippen LogP contribution in [-0.4, -0.2) is 18.4 Å². The van der Waals surface area contributed by atoms with Crippen LogP contribution in [0, 0.1) is 5.92 Å². The number of carbonyl (C=O) groups excluding carboxylic acids is 2. The highest BCUT2D eigenvalue weighted by molar-refractivity contribution is 5.93. The van der Waals surface area contributed by atoms with Crippen molar-refractivity contribution in [1.82, 2.24) is 10.9 Å². The van der Waals surface area contributed by atoms with Gasteiger partial charge in [0.25, 0.3) is 5.91 Å². The molecular weight excluding hydrogens is 282 g/mol. The lowest BCUT2D eigenvalue weighted by atomic mass is 10.2. The van der Waals surface area contributed by atoms with E-state index in [-0.39, 0.29) is 17.6 Å². The lowest BCUT2D eigenvalue weighted by Gasteiger charge is -2.04. The third-order valence-corrected chi connectivity index (χ3v) is 2.79. The quantitative estimate of drug-likeness (QED) is 0.644. The molecule has 1 aromatic rings. The third kappa shape index (κ3) is 5.21. The summed E-state index contributed by atoms with van der Waals surface area (Å²) in [6, 6.07) is 5.81. The highest BCUT2D eigenvalue weighted by Crippen LogP contribution is 2.28. The van der Waals surface area contributed by atoms with Crippen molar-refractivity contribution < 1.29 is 23.1 Å². The van der Waals surface area contributed by atoms with Gasteiger partial charge in [0.15, 0.2) is 0 Å². The minimum Gasteiger partial charge on any atom is -0.435 e. The molecule has 0 aromatic heterocycles. The van der Waals surface area contributed by atoms with E-state index in [1.165, 1.54) is 36.4 Å². The van der Waals surface area contributed by atoms with Gasteiger partial charge in [-0.2, -0.15) is 8.78 Å². The second-order valence-corrected chi connectivity index (χ2v) is 4.53. The Morgan fingerprint density at radius 2 is 1.86 bits per heavy atom. The Kier molecular flexibility index (Phi) is 4.86. The van der Waals surface area contributed by atoms with Crippen LogP contribution >= 0.6 is 0 Å². The molecule has 21 heavy (non-hydrogen) atoms. The zero-order chi connectivity index (χ0) is 15.2. The number of alkyl halides is 2. The van der Waals surface area contributed by atoms with Gasteiger partial charge in [-0.1, -0.05) is 12.1 Å². The number of benzene rings is 1. The summed E-state index contributed by atoms with van der Waals surface area (Å²) >= 11 is 0. The molecule has 2 rings (SSSR count). The Morgan fingerprint density at radius 1 is 1.19 bits per heavy atom. The van der Waals surface area contributed by atoms with E-state index in [2.05, 4.69) is 15.6 Å². The molecule has 1 saturated carbocycles. The molecule has 1 aliphatic carbocycles. The summed E-state index contributed by atoms with van der Waals surface area (Å²) in [5.41, 5.74) is 5.22. The minimum absolute atomic E-state index is 0.0108. The maximum Gasteiger partial charge on any atom is 0.387 e. The summed E-state index contributed by atoms with van der Waals surface area (Å²) in [5, 5.41) is 0. The topological polar surface area (TPSA) is 67.4 Å². The average molecular weight is 296 g/mol. The van der Waals surface area contributed by atoms with E-state index >= 15 is 0 Å². The molecule has 5 nitrogen and oxygen atoms in total. The van der Waals surface area contributed by atoms with Gasteiger partial charge in [-0.25, -0.2) is 0 Å². The first-order valence-electron chi connectivity index (χ1n) is 6.37. The number of hydrogen-bond acceptors (Lipinski definition) is 3. The summed E-state index contributed by atoms with van der Waals surface area (Å²) in [6.45, 7) is -2.87. The van der Waals surface area contributed by atoms with Crippen molar-refractivity contribution in [1.29, 1.82) is 0 Å². The van der Waals surface area contributed by atoms with Crippen LogP contribution in [0.1, 0.15) is 18.4 Å². The van der Waals surface area contributed by atoms with Crippen molar-refractivity contribution in [3.05, 3.63) is 35.9 Å². The Hall–Kier alpha value is -2.44. The number of halogens is 2. The van der Waals surface area contributed by atoms with Crippen molar-refractivity contribution in [2.45, 2.75) is 19.5 Å². The largest absolute Gasteiger partial charge is 0.435 e. The molecule has 0 spiro atoms. The molecule has 0 aliphatic heterocycles. The molecule has 2 N–H and O–H groups in total. The molecule has 112 valence electrons. The van der Waals surface area contributed by atoms with E-state index in [0.717, 1.165) is 12.8 Å². The van der Waals surface area contributed by atoms with E-state index in [9.17, 15) is 18.4 Å². The Labute approximate surface area is 119 Å². The second kappa shape index (κ2) is 6.83. The summed E-state index contributed by atoms with van der Waals surface area (Å²) in [5.74, 6) is -0.609. The van der Waals surface area contributed by atoms with E-state index in [4.69, 9.17) is 0 Å². The molecule has 1 aliphatic rings. The zero-order valence-corrected chi connectivity index (χ0v) is 11.0. The zero-order valence-electron chi connectivity index (χ0n) is 11.0. The van der Waals surface area contributed by atoms with Crippen molar-refractivity contribution in [3.8, 4) is 5.75 Å². The highest BCUT2D eigenvalue weighted by atomic mass is 19.3. The molecule has 0 heterocycles. The number of nitrogens with one attached hydrogen (secondary N) is 2. The third-order valence-electron chi connectivity index (χ3n) is 2.79. The SMILES string of the molecule is O=C(/C=C/c1ccc(OC(F)F)cc1)NNC(=O)C1CC1. The van der Waals surface area contributed by atoms with Crippen LogP contribution in [0.25, 0.3) is 6.08 Å². The predicted molar refractivity (Wildman–Crippen MR) is 71.1 cm³/mol. The Morgan fingerprint density at radius 3 is 2.43 bits per heavy atom. The first kappa shape index (κ1) is 15.0. The number of hydrogen-bond donors (Lipinski definition) is 2. The first-order chi connectivity index (χ1) is 10.0. The molecule has 0 unspecified atom stereocenters. The molecule has 1 aromatic carbocycles. The monoisotopic (exact) mass is 296 g/mol. The van der Waals surface area contributed by atoms with Gasteiger partial charge in [0.1, 0.15) is 5.75 Å². The van der Waals surface area contributed by atoms with E-state index < -0.39 is 12.5 Å². The van der Waals surface area contributed by atoms with E-state index in [1.807, 2.05) is 0 Å². The van der Waals surface area contributed by atoms with Crippen LogP contribution in [-0.2, 0) is 9.59 Å². The van der Waals surface area contributed by atoms with Crippen molar-refractivity contribution in [2.75, 3.05) is 0 Å². The van der Waals surface area contributed by atoms with Gasteiger partial charge >= 0.3 is 6.61 Å². The smallest absolute Gasteiger partial charge is 0.387 e. The van der Waals surface area contributed by atoms with Crippen molar-refractivity contribution in [3.63, 3.8) is 0 Å². The van der Waals surface area contributed by atoms with Gasteiger partial charge in [0.2, 0.25) is 5.91 Å². The highest BCUT2D eigenvalue weighted by Gasteiger charge is 2.29. The number of carbonyl (C=O) groups is 2. The summed E-state index contributed by atoms with van der Waals surface area (Å²) < 4.78 is 28.1. The summed E-state index contributed by atoms with van der Waals surface area (Å²) in [6.07, 6.45) is 4.43. The molecule has 1 fully saturated rings. The van der Waals surface area contributed by atoms with Gasteiger partial charge in [-0.05, 0) is 36.6 Å². The first-order valence-corrected chi connectivity index (χ1v) is 6.37. The van der Waals surface area contributed by atoms with Crippen LogP contribution in [0.3, 0.4) is 0 Å². The maximum absolute atomic E-state index is 12.0. The second-order valence-electron chi connectivity index (χ2n) is 4.53. The standard InChI is InChI=1S/C14H14F2N2O3/c15-14(16)21-11-6-1-9(2-7-11)3-8-12(19)17-18-13(20)10-4-5-10/h1-3,6-8,10,14H,4-5H2,(H,17,19)(H,18,20)/b8-3+. The van der Waals surface area contributed by atoms with Gasteiger partial charge < -0.3 is 4.74 Å². The van der Waals surface area contributed by atoms with Crippen LogP contribution in [0.4, 0.5) is 8.78 Å². The van der Waals surface area contributed by atoms with Crippen LogP contribution in [0.5, 0.6) is 5.75 Å². The minimum atomic E-state index is -2.87. The van der Waals surface area contributed by atoms with E-state index in [1.54, 1.807) is 0 Å². The van der Waals surface area contributed by atoms with Crippen molar-refractivity contribution >= 4 is 17.9 Å². The predicted octanol–water partition coefficient (Wildman–Crippen LogP) is 1.86. The van der Waals surface area contributed by atoms with Crippen molar-refractivity contribution in [2.24, 2.45) is 5.92 Å². The Bertz CT molecular complexity index is 540. The van der Waals surface area contributed by atoms with Crippen LogP contribution in [0.15, 0.2) is 30.3 Å². The average Bonchev–Trinajstić information content (AvgIpc) is 3.28. The number of ether oxygens (including phenoxy) is 1. The lowest BCUT2D eigenvalue weighted by Crippen LogP contribution is -2.41. The molecule has 0 saturated heterocycles. The van der Waals surface area contributed by atoms with Gasteiger partial charge in [-0.15, -0.1) is 0 Å². The van der Waals surface area contributed by atoms with Gasteiger partial charge in [-0.3, -0.25) is 20.4 Å². The van der Waals surface area contributed by atoms with Gasteiger partial charge in [0.05, 0.1) is 0 Å². The molecule has 7 heteroatoms. The summed E-state index contributed by atoms with van der Waals surface area (Å²) in [7, 11) is 0. The van der Waals surface area contributed by atoms with Crippen LogP contribution < -0.4 is 15.6 Å². The molecule has 2 amide bonds. The molecule has 0 atom stereocenters. The Balaban J connectivity index is 1.79. The fourth-order valence-corrected chi connectivity index (χ4v) is 1.54. The molecular formula is C14H14F2N2O3. The molecule has 0 bridgehead atoms. The number of hydrazine groups is 1. The lowest BCUT2D eigenvalue weighted by molar-refractivity contribution is -0.127. The number of amides is 2. The normalized spacial score (nSPS) is 14.2. The number of rotatable bonds is 5. The van der Waals surface area contributed by atoms with Gasteiger partial charge in [0, 0.05) is 12.0 Å². The summed E-state index contributed by atoms with van der Waals surface area (Å²) in [4.78, 5) is 22.7. The van der Waals surface area contributed by atoms with Crippen LogP contribution in [0.2, 0.25) is 0 Å². The fraction of sp³-hybridized carbons (Fsp3) is 0.286. The fourth-order valence-electron chi connectivity index (χ4n) is 1.54. The molecule has 0 radical (unpaired) electrons. The van der Waals surface area contributed by atoms with E-state index in [0.29, 0.717) is 5.56 Å².